The topological polar surface area (TPSA) is 82.2 Å². The second-order valence-electron chi connectivity index (χ2n) is 7.98. The van der Waals surface area contributed by atoms with Crippen molar-refractivity contribution >= 4 is 10.9 Å². The summed E-state index contributed by atoms with van der Waals surface area (Å²) in [6.07, 6.45) is 6.96. The van der Waals surface area contributed by atoms with Gasteiger partial charge in [-0.2, -0.15) is 5.10 Å². The molecule has 1 saturated heterocycles. The van der Waals surface area contributed by atoms with E-state index in [0.717, 1.165) is 42.6 Å². The molecule has 1 unspecified atom stereocenters. The number of fused-ring (bicyclic) bond motifs is 1. The fourth-order valence-electron chi connectivity index (χ4n) is 4.11. The molecule has 7 heteroatoms. The van der Waals surface area contributed by atoms with Gasteiger partial charge in [0.15, 0.2) is 0 Å². The molecule has 1 aliphatic rings. The van der Waals surface area contributed by atoms with Gasteiger partial charge in [0, 0.05) is 18.4 Å². The Hall–Kier alpha value is -3.45. The zero-order valence-electron chi connectivity index (χ0n) is 17.4. The molecule has 1 atom stereocenters. The highest BCUT2D eigenvalue weighted by molar-refractivity contribution is 5.83. The summed E-state index contributed by atoms with van der Waals surface area (Å²) in [4.78, 5) is 17.9. The molecule has 0 spiro atoms. The Labute approximate surface area is 179 Å². The lowest BCUT2D eigenvalue weighted by Gasteiger charge is -2.22. The van der Waals surface area contributed by atoms with Crippen molar-refractivity contribution in [3.8, 4) is 16.9 Å². The number of phenolic OH excluding ortho intramolecular Hbond substituents is 1. The number of hydrogen-bond donors (Lipinski definition) is 1. The van der Waals surface area contributed by atoms with Crippen LogP contribution in [-0.4, -0.2) is 31.0 Å². The van der Waals surface area contributed by atoms with E-state index in [-0.39, 0.29) is 17.5 Å². The SMILES string of the molecule is Cc1nc2ccc(-c3cnn(C4CCCCO4)c3)cc2c(=O)n1Cc1cccc(O)c1. The van der Waals surface area contributed by atoms with Crippen molar-refractivity contribution in [1.82, 2.24) is 19.3 Å². The highest BCUT2D eigenvalue weighted by atomic mass is 16.5. The van der Waals surface area contributed by atoms with Crippen LogP contribution in [-0.2, 0) is 11.3 Å². The molecule has 5 rings (SSSR count). The molecule has 1 aliphatic heterocycles. The second kappa shape index (κ2) is 8.00. The first kappa shape index (κ1) is 19.5. The maximum atomic E-state index is 13.3. The van der Waals surface area contributed by atoms with Gasteiger partial charge >= 0.3 is 0 Å². The van der Waals surface area contributed by atoms with Gasteiger partial charge in [0.1, 0.15) is 17.8 Å². The van der Waals surface area contributed by atoms with Crippen molar-refractivity contribution in [2.75, 3.05) is 6.61 Å². The van der Waals surface area contributed by atoms with E-state index in [0.29, 0.717) is 23.3 Å². The summed E-state index contributed by atoms with van der Waals surface area (Å²) in [6.45, 7) is 2.94. The Balaban J connectivity index is 1.52. The van der Waals surface area contributed by atoms with Gasteiger partial charge in [-0.05, 0) is 61.6 Å². The van der Waals surface area contributed by atoms with Crippen LogP contribution in [0.5, 0.6) is 5.75 Å². The number of benzene rings is 2. The van der Waals surface area contributed by atoms with Crippen LogP contribution in [0.15, 0.2) is 59.7 Å². The molecule has 0 saturated carbocycles. The number of rotatable bonds is 4. The first-order valence-corrected chi connectivity index (χ1v) is 10.5. The van der Waals surface area contributed by atoms with Gasteiger partial charge in [0.05, 0.1) is 23.6 Å². The first-order chi connectivity index (χ1) is 15.1. The van der Waals surface area contributed by atoms with Gasteiger partial charge in [0.2, 0.25) is 0 Å². The van der Waals surface area contributed by atoms with Crippen LogP contribution in [0.2, 0.25) is 0 Å². The van der Waals surface area contributed by atoms with Crippen molar-refractivity contribution in [2.45, 2.75) is 39.0 Å². The van der Waals surface area contributed by atoms with E-state index < -0.39 is 0 Å². The molecular formula is C24H24N4O3. The van der Waals surface area contributed by atoms with Gasteiger partial charge in [-0.1, -0.05) is 18.2 Å². The van der Waals surface area contributed by atoms with E-state index in [2.05, 4.69) is 10.1 Å². The summed E-state index contributed by atoms with van der Waals surface area (Å²) >= 11 is 0. The summed E-state index contributed by atoms with van der Waals surface area (Å²) < 4.78 is 9.32. The largest absolute Gasteiger partial charge is 0.508 e. The quantitative estimate of drug-likeness (QED) is 0.543. The minimum absolute atomic E-state index is 0.0215. The van der Waals surface area contributed by atoms with Crippen LogP contribution in [0, 0.1) is 6.92 Å². The van der Waals surface area contributed by atoms with Crippen LogP contribution < -0.4 is 5.56 Å². The minimum atomic E-state index is -0.101. The summed E-state index contributed by atoms with van der Waals surface area (Å²) in [6, 6.07) is 12.7. The highest BCUT2D eigenvalue weighted by Gasteiger charge is 2.17. The molecule has 1 fully saturated rings. The zero-order valence-corrected chi connectivity index (χ0v) is 17.4. The van der Waals surface area contributed by atoms with E-state index in [9.17, 15) is 9.90 Å². The molecule has 0 amide bonds. The Kier molecular flexibility index (Phi) is 5.03. The molecule has 4 aromatic rings. The third kappa shape index (κ3) is 3.84. The summed E-state index contributed by atoms with van der Waals surface area (Å²) in [5, 5.41) is 14.8. The summed E-state index contributed by atoms with van der Waals surface area (Å²) in [5.41, 5.74) is 3.27. The van der Waals surface area contributed by atoms with Gasteiger partial charge in [-0.25, -0.2) is 9.67 Å². The van der Waals surface area contributed by atoms with E-state index in [1.54, 1.807) is 22.8 Å². The molecule has 1 N–H and O–H groups in total. The van der Waals surface area contributed by atoms with E-state index in [1.807, 2.05) is 48.3 Å². The van der Waals surface area contributed by atoms with Gasteiger partial charge < -0.3 is 9.84 Å². The predicted octanol–water partition coefficient (Wildman–Crippen LogP) is 4.02. The molecule has 158 valence electrons. The molecular weight excluding hydrogens is 392 g/mol. The Bertz CT molecular complexity index is 1300. The summed E-state index contributed by atoms with van der Waals surface area (Å²) in [5.74, 6) is 0.814. The van der Waals surface area contributed by atoms with Crippen molar-refractivity contribution in [3.63, 3.8) is 0 Å². The summed E-state index contributed by atoms with van der Waals surface area (Å²) in [7, 11) is 0. The standard InChI is InChI=1S/C24H24N4O3/c1-16-26-22-9-8-18(19-13-25-28(15-19)23-7-2-3-10-31-23)12-21(22)24(30)27(16)14-17-5-4-6-20(29)11-17/h4-6,8-9,11-13,15,23,29H,2-3,7,10,14H2,1H3. The number of hydrogen-bond acceptors (Lipinski definition) is 5. The molecule has 7 nitrogen and oxygen atoms in total. The third-order valence-electron chi connectivity index (χ3n) is 5.78. The third-order valence-corrected chi connectivity index (χ3v) is 5.78. The first-order valence-electron chi connectivity index (χ1n) is 10.5. The fraction of sp³-hybridized carbons (Fsp3) is 0.292. The normalized spacial score (nSPS) is 16.6. The zero-order chi connectivity index (χ0) is 21.4. The number of nitrogens with zero attached hydrogens (tertiary/aromatic N) is 4. The lowest BCUT2D eigenvalue weighted by Crippen LogP contribution is -2.24. The monoisotopic (exact) mass is 416 g/mol. The lowest BCUT2D eigenvalue weighted by molar-refractivity contribution is -0.0394. The molecule has 2 aromatic carbocycles. The minimum Gasteiger partial charge on any atom is -0.508 e. The smallest absolute Gasteiger partial charge is 0.261 e. The van der Waals surface area contributed by atoms with Crippen LogP contribution in [0.3, 0.4) is 0 Å². The van der Waals surface area contributed by atoms with E-state index in [4.69, 9.17) is 4.74 Å². The molecule has 0 aliphatic carbocycles. The molecule has 31 heavy (non-hydrogen) atoms. The average Bonchev–Trinajstić information content (AvgIpc) is 3.28. The highest BCUT2D eigenvalue weighted by Crippen LogP contribution is 2.26. The maximum absolute atomic E-state index is 13.3. The molecule has 3 heterocycles. The predicted molar refractivity (Wildman–Crippen MR) is 118 cm³/mol. The van der Waals surface area contributed by atoms with Crippen LogP contribution in [0.4, 0.5) is 0 Å². The molecule has 0 radical (unpaired) electrons. The Morgan fingerprint density at radius 3 is 2.87 bits per heavy atom. The lowest BCUT2D eigenvalue weighted by atomic mass is 10.1. The van der Waals surface area contributed by atoms with E-state index in [1.165, 1.54) is 0 Å². The Morgan fingerprint density at radius 2 is 2.06 bits per heavy atom. The van der Waals surface area contributed by atoms with Gasteiger partial charge in [-0.3, -0.25) is 9.36 Å². The van der Waals surface area contributed by atoms with E-state index >= 15 is 0 Å². The number of aromatic nitrogens is 4. The van der Waals surface area contributed by atoms with Gasteiger partial charge in [0.25, 0.3) is 5.56 Å². The number of aromatic hydroxyl groups is 1. The number of aryl methyl sites for hydroxylation is 1. The van der Waals surface area contributed by atoms with Gasteiger partial charge in [-0.15, -0.1) is 0 Å². The van der Waals surface area contributed by atoms with Crippen molar-refractivity contribution in [1.29, 1.82) is 0 Å². The Morgan fingerprint density at radius 1 is 1.16 bits per heavy atom. The maximum Gasteiger partial charge on any atom is 0.261 e. The fourth-order valence-corrected chi connectivity index (χ4v) is 4.11. The number of ether oxygens (including phenoxy) is 1. The van der Waals surface area contributed by atoms with Crippen LogP contribution in [0.25, 0.3) is 22.0 Å². The van der Waals surface area contributed by atoms with Crippen LogP contribution >= 0.6 is 0 Å². The second-order valence-corrected chi connectivity index (χ2v) is 7.98. The molecule has 2 aromatic heterocycles. The van der Waals surface area contributed by atoms with Crippen molar-refractivity contribution in [3.05, 3.63) is 76.6 Å². The van der Waals surface area contributed by atoms with Crippen LogP contribution in [0.1, 0.15) is 36.9 Å². The average molecular weight is 416 g/mol. The number of phenols is 1. The molecule has 0 bridgehead atoms. The van der Waals surface area contributed by atoms with Crippen molar-refractivity contribution in [2.24, 2.45) is 0 Å². The van der Waals surface area contributed by atoms with Crippen molar-refractivity contribution < 1.29 is 9.84 Å².